The lowest BCUT2D eigenvalue weighted by atomic mass is 9.95. The van der Waals surface area contributed by atoms with Gasteiger partial charge in [-0.3, -0.25) is 4.79 Å². The number of allylic oxidation sites excluding steroid dienone is 1. The third kappa shape index (κ3) is 7.78. The Labute approximate surface area is 171 Å². The van der Waals surface area contributed by atoms with Crippen LogP contribution < -0.4 is 10.1 Å². The van der Waals surface area contributed by atoms with E-state index < -0.39 is 17.9 Å². The standard InChI is InChI=1S/C23H28N2O4/c1-5-28-22(27)19(13-14-23(2,3)4)25-21(26)18-11-12-20(24-15-18)29-16-17-9-7-6-8-10-17/h6-15,19H,5,16H2,1-4H3,(H,25,26). The van der Waals surface area contributed by atoms with Crippen LogP contribution in [0.2, 0.25) is 0 Å². The molecule has 0 radical (unpaired) electrons. The van der Waals surface area contributed by atoms with Crippen molar-refractivity contribution >= 4 is 11.9 Å². The van der Waals surface area contributed by atoms with Gasteiger partial charge < -0.3 is 14.8 Å². The smallest absolute Gasteiger partial charge is 0.332 e. The third-order valence-corrected chi connectivity index (χ3v) is 3.84. The molecule has 0 aliphatic rings. The number of hydrogen-bond donors (Lipinski definition) is 1. The molecule has 2 rings (SSSR count). The number of esters is 1. The molecule has 1 amide bonds. The van der Waals surface area contributed by atoms with Crippen LogP contribution in [0.5, 0.6) is 5.88 Å². The van der Waals surface area contributed by atoms with Crippen molar-refractivity contribution in [1.82, 2.24) is 10.3 Å². The minimum atomic E-state index is -0.865. The predicted octanol–water partition coefficient (Wildman–Crippen LogP) is 3.92. The van der Waals surface area contributed by atoms with Crippen molar-refractivity contribution in [3.63, 3.8) is 0 Å². The Hall–Kier alpha value is -3.15. The Morgan fingerprint density at radius 2 is 1.86 bits per heavy atom. The third-order valence-electron chi connectivity index (χ3n) is 3.84. The molecule has 0 fully saturated rings. The van der Waals surface area contributed by atoms with Crippen LogP contribution in [-0.4, -0.2) is 29.5 Å². The predicted molar refractivity (Wildman–Crippen MR) is 111 cm³/mol. The Morgan fingerprint density at radius 1 is 1.14 bits per heavy atom. The SMILES string of the molecule is CCOC(=O)C(C=CC(C)(C)C)NC(=O)c1ccc(OCc2ccccc2)nc1. The number of carbonyl (C=O) groups excluding carboxylic acids is 2. The van der Waals surface area contributed by atoms with Gasteiger partial charge in [-0.1, -0.05) is 63.3 Å². The highest BCUT2D eigenvalue weighted by atomic mass is 16.5. The number of nitrogens with one attached hydrogen (secondary N) is 1. The summed E-state index contributed by atoms with van der Waals surface area (Å²) in [5, 5.41) is 2.69. The minimum absolute atomic E-state index is 0.130. The van der Waals surface area contributed by atoms with Crippen LogP contribution >= 0.6 is 0 Å². The number of rotatable bonds is 8. The number of pyridine rings is 1. The molecule has 6 heteroatoms. The van der Waals surface area contributed by atoms with Crippen LogP contribution in [0.4, 0.5) is 0 Å². The maximum absolute atomic E-state index is 12.5. The monoisotopic (exact) mass is 396 g/mol. The van der Waals surface area contributed by atoms with Crippen LogP contribution in [0.3, 0.4) is 0 Å². The molecular formula is C23H28N2O4. The van der Waals surface area contributed by atoms with Crippen LogP contribution in [0.25, 0.3) is 0 Å². The zero-order valence-corrected chi connectivity index (χ0v) is 17.3. The van der Waals surface area contributed by atoms with Crippen molar-refractivity contribution < 1.29 is 19.1 Å². The Balaban J connectivity index is 2.01. The number of aromatic nitrogens is 1. The molecule has 0 saturated carbocycles. The molecule has 1 aromatic heterocycles. The summed E-state index contributed by atoms with van der Waals surface area (Å²) >= 11 is 0. The molecule has 154 valence electrons. The van der Waals surface area contributed by atoms with Crippen molar-refractivity contribution in [1.29, 1.82) is 0 Å². The molecule has 1 N–H and O–H groups in total. The lowest BCUT2D eigenvalue weighted by Crippen LogP contribution is -2.40. The van der Waals surface area contributed by atoms with Gasteiger partial charge >= 0.3 is 5.97 Å². The summed E-state index contributed by atoms with van der Waals surface area (Å²) in [5.74, 6) is -0.499. The number of hydrogen-bond acceptors (Lipinski definition) is 5. The van der Waals surface area contributed by atoms with Crippen LogP contribution in [0.1, 0.15) is 43.6 Å². The highest BCUT2D eigenvalue weighted by Gasteiger charge is 2.21. The fourth-order valence-electron chi connectivity index (χ4n) is 2.36. The van der Waals surface area contributed by atoms with E-state index in [0.717, 1.165) is 5.56 Å². The Morgan fingerprint density at radius 3 is 2.45 bits per heavy atom. The second kappa shape index (κ2) is 10.4. The molecule has 1 aromatic carbocycles. The molecule has 0 aliphatic heterocycles. The summed E-state index contributed by atoms with van der Waals surface area (Å²) in [6.45, 7) is 8.37. The molecule has 6 nitrogen and oxygen atoms in total. The number of ether oxygens (including phenoxy) is 2. The largest absolute Gasteiger partial charge is 0.473 e. The average molecular weight is 396 g/mol. The fraction of sp³-hybridized carbons (Fsp3) is 0.348. The first-order chi connectivity index (χ1) is 13.8. The lowest BCUT2D eigenvalue weighted by molar-refractivity contribution is -0.144. The van der Waals surface area contributed by atoms with Crippen molar-refractivity contribution in [3.05, 3.63) is 71.9 Å². The highest BCUT2D eigenvalue weighted by molar-refractivity contribution is 5.97. The molecule has 1 heterocycles. The minimum Gasteiger partial charge on any atom is -0.473 e. The van der Waals surface area contributed by atoms with E-state index in [1.807, 2.05) is 57.2 Å². The van der Waals surface area contributed by atoms with Gasteiger partial charge in [0.15, 0.2) is 0 Å². The second-order valence-corrected chi connectivity index (χ2v) is 7.59. The van der Waals surface area contributed by atoms with Gasteiger partial charge in [-0.25, -0.2) is 9.78 Å². The lowest BCUT2D eigenvalue weighted by Gasteiger charge is -2.17. The molecule has 0 spiro atoms. The van der Waals surface area contributed by atoms with Gasteiger partial charge in [-0.2, -0.15) is 0 Å². The molecule has 29 heavy (non-hydrogen) atoms. The van der Waals surface area contributed by atoms with Crippen LogP contribution in [0, 0.1) is 5.41 Å². The Kier molecular flexibility index (Phi) is 7.95. The summed E-state index contributed by atoms with van der Waals surface area (Å²) in [5.41, 5.74) is 1.23. The number of benzene rings is 1. The molecule has 0 aliphatic carbocycles. The molecule has 1 atom stereocenters. The maximum atomic E-state index is 12.5. The molecule has 1 unspecified atom stereocenters. The van der Waals surface area contributed by atoms with E-state index in [9.17, 15) is 9.59 Å². The zero-order chi connectivity index (χ0) is 21.3. The van der Waals surface area contributed by atoms with E-state index in [2.05, 4.69) is 10.3 Å². The van der Waals surface area contributed by atoms with Crippen LogP contribution in [-0.2, 0) is 16.1 Å². The summed E-state index contributed by atoms with van der Waals surface area (Å²) in [6.07, 6.45) is 4.94. The first-order valence-electron chi connectivity index (χ1n) is 9.58. The van der Waals surface area contributed by atoms with Gasteiger partial charge in [0.25, 0.3) is 5.91 Å². The number of amides is 1. The highest BCUT2D eigenvalue weighted by Crippen LogP contribution is 2.15. The van der Waals surface area contributed by atoms with Crippen molar-refractivity contribution in [2.75, 3.05) is 6.61 Å². The molecule has 0 bridgehead atoms. The van der Waals surface area contributed by atoms with Crippen LogP contribution in [0.15, 0.2) is 60.8 Å². The normalized spacial score (nSPS) is 12.4. The quantitative estimate of drug-likeness (QED) is 0.540. The van der Waals surface area contributed by atoms with Crippen molar-refractivity contribution in [2.45, 2.75) is 40.3 Å². The van der Waals surface area contributed by atoms with Crippen molar-refractivity contribution in [2.24, 2.45) is 5.41 Å². The van der Waals surface area contributed by atoms with Gasteiger partial charge in [0.2, 0.25) is 5.88 Å². The van der Waals surface area contributed by atoms with E-state index >= 15 is 0 Å². The van der Waals surface area contributed by atoms with Gasteiger partial charge in [0.1, 0.15) is 12.6 Å². The number of nitrogens with zero attached hydrogens (tertiary/aromatic N) is 1. The number of carbonyl (C=O) groups is 2. The maximum Gasteiger partial charge on any atom is 0.332 e. The molecule has 2 aromatic rings. The van der Waals surface area contributed by atoms with E-state index in [4.69, 9.17) is 9.47 Å². The van der Waals surface area contributed by atoms with Gasteiger partial charge in [0, 0.05) is 12.3 Å². The van der Waals surface area contributed by atoms with E-state index in [-0.39, 0.29) is 12.0 Å². The van der Waals surface area contributed by atoms with E-state index in [0.29, 0.717) is 18.1 Å². The van der Waals surface area contributed by atoms with E-state index in [1.54, 1.807) is 25.1 Å². The van der Waals surface area contributed by atoms with E-state index in [1.165, 1.54) is 6.20 Å². The first-order valence-corrected chi connectivity index (χ1v) is 9.58. The topological polar surface area (TPSA) is 77.5 Å². The summed E-state index contributed by atoms with van der Waals surface area (Å²) in [6, 6.07) is 12.1. The molecule has 0 saturated heterocycles. The zero-order valence-electron chi connectivity index (χ0n) is 17.3. The van der Waals surface area contributed by atoms with Gasteiger partial charge in [-0.05, 0) is 24.0 Å². The average Bonchev–Trinajstić information content (AvgIpc) is 2.70. The van der Waals surface area contributed by atoms with Gasteiger partial charge in [0.05, 0.1) is 12.2 Å². The van der Waals surface area contributed by atoms with Crippen molar-refractivity contribution in [3.8, 4) is 5.88 Å². The summed E-state index contributed by atoms with van der Waals surface area (Å²) in [4.78, 5) is 28.9. The second-order valence-electron chi connectivity index (χ2n) is 7.59. The summed E-state index contributed by atoms with van der Waals surface area (Å²) in [7, 11) is 0. The fourth-order valence-corrected chi connectivity index (χ4v) is 2.36. The Bertz CT molecular complexity index is 824. The van der Waals surface area contributed by atoms with Gasteiger partial charge in [-0.15, -0.1) is 0 Å². The first kappa shape index (κ1) is 22.1. The summed E-state index contributed by atoms with van der Waals surface area (Å²) < 4.78 is 10.7. The molecular weight excluding hydrogens is 368 g/mol.